The van der Waals surface area contributed by atoms with Crippen molar-refractivity contribution in [2.45, 2.75) is 26.4 Å². The van der Waals surface area contributed by atoms with Crippen molar-refractivity contribution >= 4 is 16.9 Å². The molecule has 1 aliphatic heterocycles. The van der Waals surface area contributed by atoms with Gasteiger partial charge in [0.2, 0.25) is 6.79 Å². The van der Waals surface area contributed by atoms with Crippen LogP contribution in [-0.2, 0) is 6.54 Å². The molecule has 0 N–H and O–H groups in total. The molecule has 0 unspecified atom stereocenters. The van der Waals surface area contributed by atoms with Crippen molar-refractivity contribution in [3.63, 3.8) is 0 Å². The van der Waals surface area contributed by atoms with Crippen molar-refractivity contribution in [1.29, 1.82) is 0 Å². The fourth-order valence-electron chi connectivity index (χ4n) is 2.99. The smallest absolute Gasteiger partial charge is 0.254 e. The second-order valence-electron chi connectivity index (χ2n) is 6.47. The standard InChI is InChI=1S/C20H19N3O3/c1-13(2)23(11-14-3-6-18-19(9-14)26-12-25-18)20(24)15-4-5-16-17(10-15)22-8-7-21-16/h3-10,13H,11-12H2,1-2H3. The highest BCUT2D eigenvalue weighted by molar-refractivity contribution is 5.97. The molecule has 6 heteroatoms. The van der Waals surface area contributed by atoms with E-state index in [0.717, 1.165) is 22.6 Å². The van der Waals surface area contributed by atoms with Crippen LogP contribution >= 0.6 is 0 Å². The third kappa shape index (κ3) is 3.06. The molecule has 4 rings (SSSR count). The van der Waals surface area contributed by atoms with Crippen LogP contribution in [0.25, 0.3) is 11.0 Å². The minimum atomic E-state index is -0.0368. The van der Waals surface area contributed by atoms with Gasteiger partial charge in [0.05, 0.1) is 11.0 Å². The highest BCUT2D eigenvalue weighted by Gasteiger charge is 2.21. The van der Waals surface area contributed by atoms with E-state index in [1.165, 1.54) is 0 Å². The minimum absolute atomic E-state index is 0.0368. The molecule has 0 aliphatic carbocycles. The van der Waals surface area contributed by atoms with E-state index in [-0.39, 0.29) is 18.7 Å². The summed E-state index contributed by atoms with van der Waals surface area (Å²) in [7, 11) is 0. The van der Waals surface area contributed by atoms with Crippen molar-refractivity contribution in [2.75, 3.05) is 6.79 Å². The highest BCUT2D eigenvalue weighted by Crippen LogP contribution is 2.33. The lowest BCUT2D eigenvalue weighted by atomic mass is 10.1. The zero-order valence-corrected chi connectivity index (χ0v) is 14.7. The first-order chi connectivity index (χ1) is 12.6. The first-order valence-corrected chi connectivity index (χ1v) is 8.52. The van der Waals surface area contributed by atoms with Crippen molar-refractivity contribution in [2.24, 2.45) is 0 Å². The molecule has 132 valence electrons. The lowest BCUT2D eigenvalue weighted by molar-refractivity contribution is 0.0690. The molecule has 6 nitrogen and oxygen atoms in total. The van der Waals surface area contributed by atoms with E-state index in [9.17, 15) is 4.79 Å². The minimum Gasteiger partial charge on any atom is -0.454 e. The number of fused-ring (bicyclic) bond motifs is 2. The number of hydrogen-bond donors (Lipinski definition) is 0. The largest absolute Gasteiger partial charge is 0.454 e. The Morgan fingerprint density at radius 1 is 1.04 bits per heavy atom. The number of rotatable bonds is 4. The molecule has 2 heterocycles. The number of benzene rings is 2. The SMILES string of the molecule is CC(C)N(Cc1ccc2c(c1)OCO2)C(=O)c1ccc2nccnc2c1. The molecule has 0 spiro atoms. The number of carbonyl (C=O) groups is 1. The summed E-state index contributed by atoms with van der Waals surface area (Å²) in [4.78, 5) is 23.5. The van der Waals surface area contributed by atoms with E-state index < -0.39 is 0 Å². The predicted molar refractivity (Wildman–Crippen MR) is 97.1 cm³/mol. The normalized spacial score (nSPS) is 12.6. The van der Waals surface area contributed by atoms with Gasteiger partial charge in [0.15, 0.2) is 11.5 Å². The van der Waals surface area contributed by atoms with E-state index in [0.29, 0.717) is 17.6 Å². The van der Waals surface area contributed by atoms with Crippen LogP contribution in [0.3, 0.4) is 0 Å². The number of carbonyl (C=O) groups excluding carboxylic acids is 1. The van der Waals surface area contributed by atoms with E-state index in [2.05, 4.69) is 9.97 Å². The van der Waals surface area contributed by atoms with Crippen LogP contribution < -0.4 is 9.47 Å². The lowest BCUT2D eigenvalue weighted by Crippen LogP contribution is -2.36. The van der Waals surface area contributed by atoms with Gasteiger partial charge in [-0.05, 0) is 49.7 Å². The first-order valence-electron chi connectivity index (χ1n) is 8.52. The van der Waals surface area contributed by atoms with Gasteiger partial charge in [0.1, 0.15) is 0 Å². The number of nitrogens with zero attached hydrogens (tertiary/aromatic N) is 3. The third-order valence-electron chi connectivity index (χ3n) is 4.39. The van der Waals surface area contributed by atoms with E-state index in [1.807, 2.05) is 43.0 Å². The van der Waals surface area contributed by atoms with Gasteiger partial charge in [0.25, 0.3) is 5.91 Å². The Morgan fingerprint density at radius 2 is 1.81 bits per heavy atom. The van der Waals surface area contributed by atoms with Crippen molar-refractivity contribution in [3.8, 4) is 11.5 Å². The average Bonchev–Trinajstić information content (AvgIpc) is 3.12. The second-order valence-corrected chi connectivity index (χ2v) is 6.47. The fourth-order valence-corrected chi connectivity index (χ4v) is 2.99. The van der Waals surface area contributed by atoms with Crippen LogP contribution in [0, 0.1) is 0 Å². The Kier molecular flexibility index (Phi) is 4.16. The number of hydrogen-bond acceptors (Lipinski definition) is 5. The van der Waals surface area contributed by atoms with Crippen molar-refractivity contribution < 1.29 is 14.3 Å². The summed E-state index contributed by atoms with van der Waals surface area (Å²) in [6.07, 6.45) is 3.27. The van der Waals surface area contributed by atoms with Crippen LogP contribution in [0.2, 0.25) is 0 Å². The van der Waals surface area contributed by atoms with Gasteiger partial charge in [-0.25, -0.2) is 0 Å². The molecule has 3 aromatic rings. The Bertz CT molecular complexity index is 971. The van der Waals surface area contributed by atoms with E-state index in [4.69, 9.17) is 9.47 Å². The monoisotopic (exact) mass is 349 g/mol. The van der Waals surface area contributed by atoms with Gasteiger partial charge in [-0.1, -0.05) is 6.07 Å². The fraction of sp³-hybridized carbons (Fsp3) is 0.250. The molecule has 0 atom stereocenters. The Morgan fingerprint density at radius 3 is 2.62 bits per heavy atom. The Hall–Kier alpha value is -3.15. The summed E-state index contributed by atoms with van der Waals surface area (Å²) in [5.41, 5.74) is 3.09. The quantitative estimate of drug-likeness (QED) is 0.722. The first kappa shape index (κ1) is 16.3. The van der Waals surface area contributed by atoms with E-state index in [1.54, 1.807) is 24.5 Å². The van der Waals surface area contributed by atoms with Crippen LogP contribution in [0.5, 0.6) is 11.5 Å². The molecule has 0 fully saturated rings. The zero-order chi connectivity index (χ0) is 18.1. The van der Waals surface area contributed by atoms with Crippen LogP contribution in [-0.4, -0.2) is 33.6 Å². The molecule has 0 saturated heterocycles. The van der Waals surface area contributed by atoms with Gasteiger partial charge in [0, 0.05) is 30.5 Å². The van der Waals surface area contributed by atoms with Crippen LogP contribution in [0.15, 0.2) is 48.8 Å². The molecule has 1 amide bonds. The Labute approximate surface area is 151 Å². The van der Waals surface area contributed by atoms with Gasteiger partial charge >= 0.3 is 0 Å². The molecule has 0 saturated carbocycles. The Balaban J connectivity index is 1.61. The number of ether oxygens (including phenoxy) is 2. The highest BCUT2D eigenvalue weighted by atomic mass is 16.7. The molecule has 26 heavy (non-hydrogen) atoms. The van der Waals surface area contributed by atoms with Gasteiger partial charge in [-0.15, -0.1) is 0 Å². The molecule has 0 radical (unpaired) electrons. The van der Waals surface area contributed by atoms with Crippen molar-refractivity contribution in [3.05, 3.63) is 59.9 Å². The van der Waals surface area contributed by atoms with E-state index >= 15 is 0 Å². The average molecular weight is 349 g/mol. The number of amides is 1. The molecule has 2 aromatic carbocycles. The molecule has 1 aromatic heterocycles. The topological polar surface area (TPSA) is 64.6 Å². The maximum Gasteiger partial charge on any atom is 0.254 e. The maximum absolute atomic E-state index is 13.1. The van der Waals surface area contributed by atoms with Gasteiger partial charge in [-0.3, -0.25) is 14.8 Å². The van der Waals surface area contributed by atoms with Crippen LogP contribution in [0.4, 0.5) is 0 Å². The lowest BCUT2D eigenvalue weighted by Gasteiger charge is -2.27. The summed E-state index contributed by atoms with van der Waals surface area (Å²) in [5, 5.41) is 0. The zero-order valence-electron chi connectivity index (χ0n) is 14.7. The molecule has 1 aliphatic rings. The van der Waals surface area contributed by atoms with Gasteiger partial charge < -0.3 is 14.4 Å². The maximum atomic E-state index is 13.1. The molecular formula is C20H19N3O3. The summed E-state index contributed by atoms with van der Waals surface area (Å²) >= 11 is 0. The molecule has 0 bridgehead atoms. The molecular weight excluding hydrogens is 330 g/mol. The van der Waals surface area contributed by atoms with Crippen LogP contribution in [0.1, 0.15) is 29.8 Å². The summed E-state index contributed by atoms with van der Waals surface area (Å²) in [6.45, 7) is 4.74. The number of aromatic nitrogens is 2. The van der Waals surface area contributed by atoms with Crippen molar-refractivity contribution in [1.82, 2.24) is 14.9 Å². The predicted octanol–water partition coefficient (Wildman–Crippen LogP) is 3.41. The summed E-state index contributed by atoms with van der Waals surface area (Å²) < 4.78 is 10.8. The third-order valence-corrected chi connectivity index (χ3v) is 4.39. The van der Waals surface area contributed by atoms with Gasteiger partial charge in [-0.2, -0.15) is 0 Å². The second kappa shape index (κ2) is 6.63. The summed E-state index contributed by atoms with van der Waals surface area (Å²) in [5.74, 6) is 1.43. The summed E-state index contributed by atoms with van der Waals surface area (Å²) in [6, 6.07) is 11.2.